The Morgan fingerprint density at radius 2 is 1.42 bits per heavy atom. The standard InChI is InChI=1S/C13H24O6/c1-4-6-8-16-12(14)18-10-11(3)19-13(15)17-9-7-5-2/h11H,4-10H2,1-3H3. The SMILES string of the molecule is CCCCOC(=O)OCC(C)OC(=O)OCCCC. The molecule has 0 heterocycles. The maximum atomic E-state index is 11.2. The number of rotatable bonds is 9. The van der Waals surface area contributed by atoms with Gasteiger partial charge in [-0.2, -0.15) is 0 Å². The van der Waals surface area contributed by atoms with Gasteiger partial charge < -0.3 is 18.9 Å². The Labute approximate surface area is 114 Å². The van der Waals surface area contributed by atoms with Crippen molar-refractivity contribution in [3.8, 4) is 0 Å². The van der Waals surface area contributed by atoms with Crippen molar-refractivity contribution in [1.29, 1.82) is 0 Å². The van der Waals surface area contributed by atoms with E-state index in [9.17, 15) is 9.59 Å². The fraction of sp³-hybridized carbons (Fsp3) is 0.846. The summed E-state index contributed by atoms with van der Waals surface area (Å²) >= 11 is 0. The van der Waals surface area contributed by atoms with Gasteiger partial charge in [0.15, 0.2) is 0 Å². The van der Waals surface area contributed by atoms with Gasteiger partial charge in [0.1, 0.15) is 12.7 Å². The average Bonchev–Trinajstić information content (AvgIpc) is 2.37. The second-order valence-electron chi connectivity index (χ2n) is 4.14. The van der Waals surface area contributed by atoms with Crippen molar-refractivity contribution in [2.24, 2.45) is 0 Å². The smallest absolute Gasteiger partial charge is 0.434 e. The van der Waals surface area contributed by atoms with Gasteiger partial charge in [0.2, 0.25) is 0 Å². The number of unbranched alkanes of at least 4 members (excludes halogenated alkanes) is 2. The molecule has 112 valence electrons. The van der Waals surface area contributed by atoms with Crippen LogP contribution in [0.1, 0.15) is 46.5 Å². The van der Waals surface area contributed by atoms with E-state index in [0.717, 1.165) is 25.7 Å². The molecule has 0 rings (SSSR count). The van der Waals surface area contributed by atoms with Gasteiger partial charge in [-0.05, 0) is 19.8 Å². The quantitative estimate of drug-likeness (QED) is 0.475. The molecule has 19 heavy (non-hydrogen) atoms. The Morgan fingerprint density at radius 3 is 1.95 bits per heavy atom. The van der Waals surface area contributed by atoms with Crippen molar-refractivity contribution in [1.82, 2.24) is 0 Å². The molecule has 0 N–H and O–H groups in total. The first-order chi connectivity index (χ1) is 9.10. The summed E-state index contributed by atoms with van der Waals surface area (Å²) in [4.78, 5) is 22.3. The third kappa shape index (κ3) is 11.4. The Kier molecular flexibility index (Phi) is 10.7. The van der Waals surface area contributed by atoms with Crippen molar-refractivity contribution in [2.45, 2.75) is 52.6 Å². The molecule has 0 spiro atoms. The van der Waals surface area contributed by atoms with Crippen LogP contribution < -0.4 is 0 Å². The molecule has 0 saturated carbocycles. The molecule has 0 saturated heterocycles. The van der Waals surface area contributed by atoms with Crippen LogP contribution >= 0.6 is 0 Å². The summed E-state index contributed by atoms with van der Waals surface area (Å²) in [6, 6.07) is 0. The zero-order chi connectivity index (χ0) is 14.5. The summed E-state index contributed by atoms with van der Waals surface area (Å²) < 4.78 is 19.3. The number of hydrogen-bond acceptors (Lipinski definition) is 6. The second kappa shape index (κ2) is 11.6. The minimum absolute atomic E-state index is 0.0478. The summed E-state index contributed by atoms with van der Waals surface area (Å²) in [6.07, 6.45) is 1.42. The highest BCUT2D eigenvalue weighted by atomic mass is 16.7. The van der Waals surface area contributed by atoms with Gasteiger partial charge in [-0.3, -0.25) is 0 Å². The molecule has 0 radical (unpaired) electrons. The summed E-state index contributed by atoms with van der Waals surface area (Å²) in [5, 5.41) is 0. The Morgan fingerprint density at radius 1 is 0.895 bits per heavy atom. The highest BCUT2D eigenvalue weighted by molar-refractivity contribution is 5.61. The number of carbonyl (C=O) groups is 2. The maximum absolute atomic E-state index is 11.2. The van der Waals surface area contributed by atoms with Crippen LogP contribution in [0, 0.1) is 0 Å². The van der Waals surface area contributed by atoms with Crippen molar-refractivity contribution >= 4 is 12.3 Å². The van der Waals surface area contributed by atoms with E-state index in [-0.39, 0.29) is 6.61 Å². The van der Waals surface area contributed by atoms with Gasteiger partial charge in [-0.15, -0.1) is 0 Å². The van der Waals surface area contributed by atoms with E-state index in [2.05, 4.69) is 0 Å². The van der Waals surface area contributed by atoms with Crippen molar-refractivity contribution in [3.05, 3.63) is 0 Å². The van der Waals surface area contributed by atoms with E-state index in [0.29, 0.717) is 13.2 Å². The average molecular weight is 276 g/mol. The topological polar surface area (TPSA) is 71.1 Å². The van der Waals surface area contributed by atoms with E-state index in [4.69, 9.17) is 18.9 Å². The lowest BCUT2D eigenvalue weighted by molar-refractivity contribution is -0.0111. The van der Waals surface area contributed by atoms with Crippen LogP contribution in [0.25, 0.3) is 0 Å². The molecule has 0 aromatic rings. The number of ether oxygens (including phenoxy) is 4. The minimum Gasteiger partial charge on any atom is -0.434 e. The van der Waals surface area contributed by atoms with Gasteiger partial charge in [0.05, 0.1) is 13.2 Å². The first kappa shape index (κ1) is 17.5. The van der Waals surface area contributed by atoms with E-state index in [1.807, 2.05) is 13.8 Å². The molecule has 1 unspecified atom stereocenters. The lowest BCUT2D eigenvalue weighted by Gasteiger charge is -2.13. The van der Waals surface area contributed by atoms with E-state index >= 15 is 0 Å². The second-order valence-corrected chi connectivity index (χ2v) is 4.14. The van der Waals surface area contributed by atoms with Crippen LogP contribution in [0.5, 0.6) is 0 Å². The van der Waals surface area contributed by atoms with Crippen LogP contribution in [-0.4, -0.2) is 38.2 Å². The monoisotopic (exact) mass is 276 g/mol. The van der Waals surface area contributed by atoms with Gasteiger partial charge in [0.25, 0.3) is 0 Å². The third-order valence-electron chi connectivity index (χ3n) is 2.17. The Bertz CT molecular complexity index is 254. The first-order valence-corrected chi connectivity index (χ1v) is 6.73. The zero-order valence-electron chi connectivity index (χ0n) is 12.0. The minimum atomic E-state index is -0.747. The molecule has 0 aromatic carbocycles. The molecule has 1 atom stereocenters. The van der Waals surface area contributed by atoms with Gasteiger partial charge >= 0.3 is 12.3 Å². The summed E-state index contributed by atoms with van der Waals surface area (Å²) in [5.41, 5.74) is 0. The van der Waals surface area contributed by atoms with Crippen LogP contribution in [0.15, 0.2) is 0 Å². The van der Waals surface area contributed by atoms with Gasteiger partial charge in [-0.1, -0.05) is 26.7 Å². The van der Waals surface area contributed by atoms with Crippen molar-refractivity contribution < 1.29 is 28.5 Å². The summed E-state index contributed by atoms with van der Waals surface area (Å²) in [7, 11) is 0. The molecule has 0 amide bonds. The van der Waals surface area contributed by atoms with E-state index in [1.54, 1.807) is 6.92 Å². The van der Waals surface area contributed by atoms with E-state index in [1.165, 1.54) is 0 Å². The lowest BCUT2D eigenvalue weighted by atomic mass is 10.4. The molecule has 6 nitrogen and oxygen atoms in total. The molecular weight excluding hydrogens is 252 g/mol. The molecular formula is C13H24O6. The van der Waals surface area contributed by atoms with Gasteiger partial charge in [0, 0.05) is 0 Å². The highest BCUT2D eigenvalue weighted by Gasteiger charge is 2.13. The molecule has 0 aliphatic heterocycles. The van der Waals surface area contributed by atoms with Crippen molar-refractivity contribution in [2.75, 3.05) is 19.8 Å². The molecule has 0 aromatic heterocycles. The predicted octanol–water partition coefficient (Wildman–Crippen LogP) is 3.28. The Balaban J connectivity index is 3.59. The largest absolute Gasteiger partial charge is 0.508 e. The predicted molar refractivity (Wildman–Crippen MR) is 69.0 cm³/mol. The maximum Gasteiger partial charge on any atom is 0.508 e. The van der Waals surface area contributed by atoms with E-state index < -0.39 is 18.4 Å². The van der Waals surface area contributed by atoms with Crippen LogP contribution in [0.2, 0.25) is 0 Å². The number of carbonyl (C=O) groups excluding carboxylic acids is 2. The van der Waals surface area contributed by atoms with Crippen LogP contribution in [0.4, 0.5) is 9.59 Å². The summed E-state index contributed by atoms with van der Waals surface area (Å²) in [6.45, 7) is 6.23. The normalized spacial score (nSPS) is 11.5. The molecule has 0 aliphatic carbocycles. The molecule has 0 fully saturated rings. The van der Waals surface area contributed by atoms with Gasteiger partial charge in [-0.25, -0.2) is 9.59 Å². The first-order valence-electron chi connectivity index (χ1n) is 6.73. The fourth-order valence-corrected chi connectivity index (χ4v) is 1.06. The highest BCUT2D eigenvalue weighted by Crippen LogP contribution is 1.99. The molecule has 6 heteroatoms. The van der Waals surface area contributed by atoms with Crippen molar-refractivity contribution in [3.63, 3.8) is 0 Å². The zero-order valence-corrected chi connectivity index (χ0v) is 12.0. The fourth-order valence-electron chi connectivity index (χ4n) is 1.06. The third-order valence-corrected chi connectivity index (χ3v) is 2.17. The molecule has 0 bridgehead atoms. The number of hydrogen-bond donors (Lipinski definition) is 0. The van der Waals surface area contributed by atoms with Crippen LogP contribution in [0.3, 0.4) is 0 Å². The Hall–Kier alpha value is -1.46. The molecule has 0 aliphatic rings. The van der Waals surface area contributed by atoms with Crippen LogP contribution in [-0.2, 0) is 18.9 Å². The lowest BCUT2D eigenvalue weighted by Crippen LogP contribution is -2.23. The summed E-state index contributed by atoms with van der Waals surface area (Å²) in [5.74, 6) is 0.